The van der Waals surface area contributed by atoms with Crippen molar-refractivity contribution in [2.24, 2.45) is 11.8 Å². The lowest BCUT2D eigenvalue weighted by molar-refractivity contribution is -0.154. The van der Waals surface area contributed by atoms with Crippen LogP contribution in [0.5, 0.6) is 0 Å². The lowest BCUT2D eigenvalue weighted by Crippen LogP contribution is -2.32. The molecule has 16 heavy (non-hydrogen) atoms. The summed E-state index contributed by atoms with van der Waals surface area (Å²) in [7, 11) is 0. The molecule has 1 fully saturated rings. The first-order chi connectivity index (χ1) is 7.79. The number of carbonyl (C=O) groups is 2. The molecule has 0 saturated heterocycles. The first-order valence-electron chi connectivity index (χ1n) is 5.45. The average Bonchev–Trinajstić information content (AvgIpc) is 2.26. The molecule has 0 unspecified atom stereocenters. The van der Waals surface area contributed by atoms with Gasteiger partial charge >= 0.3 is 5.97 Å². The van der Waals surface area contributed by atoms with E-state index in [-0.39, 0.29) is 17.8 Å². The molecule has 1 saturated carbocycles. The van der Waals surface area contributed by atoms with Crippen molar-refractivity contribution in [3.8, 4) is 0 Å². The number of benzene rings is 1. The molecule has 0 bridgehead atoms. The lowest BCUT2D eigenvalue weighted by Gasteiger charge is -2.29. The molecule has 3 heteroatoms. The summed E-state index contributed by atoms with van der Waals surface area (Å²) in [5.74, 6) is -0.185. The van der Waals surface area contributed by atoms with E-state index in [0.29, 0.717) is 19.4 Å². The number of hydrogen-bond acceptors (Lipinski definition) is 3. The van der Waals surface area contributed by atoms with Crippen LogP contribution in [0.1, 0.15) is 18.4 Å². The molecule has 0 aliphatic heterocycles. The summed E-state index contributed by atoms with van der Waals surface area (Å²) in [6.07, 6.45) is 2.22. The Labute approximate surface area is 94.4 Å². The third-order valence-corrected chi connectivity index (χ3v) is 2.92. The van der Waals surface area contributed by atoms with Gasteiger partial charge in [0, 0.05) is 5.92 Å². The number of carbonyl (C=O) groups excluding carboxylic acids is 2. The van der Waals surface area contributed by atoms with Gasteiger partial charge in [-0.3, -0.25) is 4.79 Å². The maximum atomic E-state index is 11.5. The zero-order valence-electron chi connectivity index (χ0n) is 8.96. The fourth-order valence-corrected chi connectivity index (χ4v) is 1.81. The standard InChI is InChI=1S/C13H14O3/c14-8-11-6-12(7-11)13(15)16-9-10-4-2-1-3-5-10/h1-5,8,11-12H,6-7,9H2/t11-,12+. The molecular weight excluding hydrogens is 204 g/mol. The summed E-state index contributed by atoms with van der Waals surface area (Å²) in [6, 6.07) is 9.58. The van der Waals surface area contributed by atoms with Gasteiger partial charge in [-0.2, -0.15) is 0 Å². The van der Waals surface area contributed by atoms with Crippen molar-refractivity contribution in [3.05, 3.63) is 35.9 Å². The highest BCUT2D eigenvalue weighted by Gasteiger charge is 2.35. The molecule has 0 amide bonds. The van der Waals surface area contributed by atoms with Crippen LogP contribution in [0.2, 0.25) is 0 Å². The average molecular weight is 218 g/mol. The monoisotopic (exact) mass is 218 g/mol. The Morgan fingerprint density at radius 1 is 1.31 bits per heavy atom. The van der Waals surface area contributed by atoms with Crippen LogP contribution in [0, 0.1) is 11.8 Å². The first kappa shape index (κ1) is 10.9. The molecule has 1 aliphatic carbocycles. The van der Waals surface area contributed by atoms with Crippen molar-refractivity contribution >= 4 is 12.3 Å². The van der Waals surface area contributed by atoms with E-state index < -0.39 is 0 Å². The van der Waals surface area contributed by atoms with Crippen molar-refractivity contribution in [3.63, 3.8) is 0 Å². The molecule has 84 valence electrons. The SMILES string of the molecule is O=C[C@H]1C[C@@H](C(=O)OCc2ccccc2)C1. The van der Waals surface area contributed by atoms with E-state index in [9.17, 15) is 9.59 Å². The van der Waals surface area contributed by atoms with Crippen molar-refractivity contribution < 1.29 is 14.3 Å². The summed E-state index contributed by atoms with van der Waals surface area (Å²) in [4.78, 5) is 21.9. The van der Waals surface area contributed by atoms with E-state index in [1.165, 1.54) is 0 Å². The molecule has 0 heterocycles. The van der Waals surface area contributed by atoms with Crippen LogP contribution in [-0.2, 0) is 20.9 Å². The summed E-state index contributed by atoms with van der Waals surface area (Å²) in [5.41, 5.74) is 0.988. The van der Waals surface area contributed by atoms with E-state index in [2.05, 4.69) is 0 Å². The molecule has 0 atom stereocenters. The van der Waals surface area contributed by atoms with Crippen LogP contribution >= 0.6 is 0 Å². The summed E-state index contributed by atoms with van der Waals surface area (Å²) >= 11 is 0. The molecule has 0 N–H and O–H groups in total. The maximum Gasteiger partial charge on any atom is 0.309 e. The van der Waals surface area contributed by atoms with Crippen LogP contribution in [0.15, 0.2) is 30.3 Å². The molecule has 0 spiro atoms. The molecule has 1 aromatic carbocycles. The second-order valence-corrected chi connectivity index (χ2v) is 4.16. The maximum absolute atomic E-state index is 11.5. The van der Waals surface area contributed by atoms with Gasteiger partial charge < -0.3 is 9.53 Å². The van der Waals surface area contributed by atoms with Crippen molar-refractivity contribution in [1.29, 1.82) is 0 Å². The predicted octanol–water partition coefficient (Wildman–Crippen LogP) is 1.95. The Balaban J connectivity index is 1.75. The van der Waals surface area contributed by atoms with E-state index >= 15 is 0 Å². The zero-order valence-corrected chi connectivity index (χ0v) is 8.96. The Bertz CT molecular complexity index is 366. The topological polar surface area (TPSA) is 43.4 Å². The molecule has 3 nitrogen and oxygen atoms in total. The van der Waals surface area contributed by atoms with E-state index in [1.807, 2.05) is 30.3 Å². The summed E-state index contributed by atoms with van der Waals surface area (Å²) in [5, 5.41) is 0. The Hall–Kier alpha value is -1.64. The Morgan fingerprint density at radius 3 is 2.62 bits per heavy atom. The number of rotatable bonds is 4. The normalized spacial score (nSPS) is 23.2. The third kappa shape index (κ3) is 2.48. The Morgan fingerprint density at radius 2 is 2.00 bits per heavy atom. The van der Waals surface area contributed by atoms with Gasteiger partial charge in [-0.1, -0.05) is 30.3 Å². The highest BCUT2D eigenvalue weighted by atomic mass is 16.5. The number of hydrogen-bond donors (Lipinski definition) is 0. The minimum absolute atomic E-state index is 0.0641. The number of esters is 1. The first-order valence-corrected chi connectivity index (χ1v) is 5.45. The van der Waals surface area contributed by atoms with Gasteiger partial charge in [-0.05, 0) is 18.4 Å². The van der Waals surface area contributed by atoms with Crippen molar-refractivity contribution in [2.75, 3.05) is 0 Å². The zero-order chi connectivity index (χ0) is 11.4. The third-order valence-electron chi connectivity index (χ3n) is 2.92. The van der Waals surface area contributed by atoms with E-state index in [0.717, 1.165) is 11.8 Å². The molecule has 0 aromatic heterocycles. The van der Waals surface area contributed by atoms with Gasteiger partial charge in [0.2, 0.25) is 0 Å². The van der Waals surface area contributed by atoms with Crippen LogP contribution < -0.4 is 0 Å². The minimum Gasteiger partial charge on any atom is -0.461 e. The highest BCUT2D eigenvalue weighted by Crippen LogP contribution is 2.33. The molecule has 1 aliphatic rings. The van der Waals surface area contributed by atoms with Crippen molar-refractivity contribution in [1.82, 2.24) is 0 Å². The molecular formula is C13H14O3. The molecule has 0 radical (unpaired) electrons. The van der Waals surface area contributed by atoms with Gasteiger partial charge in [0.1, 0.15) is 12.9 Å². The van der Waals surface area contributed by atoms with Crippen LogP contribution in [-0.4, -0.2) is 12.3 Å². The lowest BCUT2D eigenvalue weighted by atomic mass is 9.76. The fourth-order valence-electron chi connectivity index (χ4n) is 1.81. The largest absolute Gasteiger partial charge is 0.461 e. The van der Waals surface area contributed by atoms with Gasteiger partial charge in [-0.15, -0.1) is 0 Å². The quantitative estimate of drug-likeness (QED) is 0.573. The predicted molar refractivity (Wildman–Crippen MR) is 58.5 cm³/mol. The van der Waals surface area contributed by atoms with Crippen LogP contribution in [0.3, 0.4) is 0 Å². The minimum atomic E-state index is -0.179. The molecule has 2 rings (SSSR count). The second kappa shape index (κ2) is 4.92. The molecule has 1 aromatic rings. The highest BCUT2D eigenvalue weighted by molar-refractivity contribution is 5.75. The number of aldehydes is 1. The van der Waals surface area contributed by atoms with E-state index in [4.69, 9.17) is 4.74 Å². The van der Waals surface area contributed by atoms with Gasteiger partial charge in [-0.25, -0.2) is 0 Å². The second-order valence-electron chi connectivity index (χ2n) is 4.16. The van der Waals surface area contributed by atoms with Crippen molar-refractivity contribution in [2.45, 2.75) is 19.4 Å². The van der Waals surface area contributed by atoms with E-state index in [1.54, 1.807) is 0 Å². The fraction of sp³-hybridized carbons (Fsp3) is 0.385. The van der Waals surface area contributed by atoms with Gasteiger partial charge in [0.15, 0.2) is 0 Å². The summed E-state index contributed by atoms with van der Waals surface area (Å²) in [6.45, 7) is 0.321. The van der Waals surface area contributed by atoms with Gasteiger partial charge in [0.05, 0.1) is 5.92 Å². The smallest absolute Gasteiger partial charge is 0.309 e. The van der Waals surface area contributed by atoms with Gasteiger partial charge in [0.25, 0.3) is 0 Å². The van der Waals surface area contributed by atoms with Crippen LogP contribution in [0.4, 0.5) is 0 Å². The summed E-state index contributed by atoms with van der Waals surface area (Å²) < 4.78 is 5.17. The van der Waals surface area contributed by atoms with Crippen LogP contribution in [0.25, 0.3) is 0 Å². The Kier molecular flexibility index (Phi) is 3.34. The number of ether oxygens (including phenoxy) is 1.